The summed E-state index contributed by atoms with van der Waals surface area (Å²) in [4.78, 5) is 0.833. The maximum atomic E-state index is 5.08. The summed E-state index contributed by atoms with van der Waals surface area (Å²) in [6, 6.07) is 17.1. The fourth-order valence-electron chi connectivity index (χ4n) is 1.99. The third-order valence-corrected chi connectivity index (χ3v) is 4.19. The van der Waals surface area contributed by atoms with E-state index in [4.69, 9.17) is 25.3 Å². The zero-order chi connectivity index (χ0) is 19.6. The maximum absolute atomic E-state index is 5.08. The van der Waals surface area contributed by atoms with E-state index >= 15 is 0 Å². The second-order valence-corrected chi connectivity index (χ2v) is 6.41. The van der Waals surface area contributed by atoms with E-state index in [1.54, 1.807) is 14.1 Å². The van der Waals surface area contributed by atoms with E-state index < -0.39 is 0 Å². The molecule has 2 rings (SSSR count). The van der Waals surface area contributed by atoms with Gasteiger partial charge in [-0.2, -0.15) is 10.2 Å². The van der Waals surface area contributed by atoms with E-state index in [1.165, 1.54) is 0 Å². The third-order valence-electron chi connectivity index (χ3n) is 3.32. The number of rotatable bonds is 5. The fraction of sp³-hybridized carbons (Fsp3) is 0.111. The van der Waals surface area contributed by atoms with Crippen LogP contribution in [0.5, 0.6) is 0 Å². The summed E-state index contributed by atoms with van der Waals surface area (Å²) in [7, 11) is 3.37. The maximum Gasteiger partial charge on any atom is 2.00 e. The number of benzene rings is 2. The van der Waals surface area contributed by atoms with Crippen molar-refractivity contribution >= 4 is 59.6 Å². The predicted molar refractivity (Wildman–Crippen MR) is 121 cm³/mol. The smallest absolute Gasteiger partial charge is 0.741 e. The molecule has 0 fully saturated rings. The van der Waals surface area contributed by atoms with Gasteiger partial charge >= 0.3 is 17.1 Å². The Labute approximate surface area is 191 Å². The quantitative estimate of drug-likeness (QED) is 0.154. The zero-order valence-corrected chi connectivity index (χ0v) is 18.5. The molecule has 0 aliphatic carbocycles. The van der Waals surface area contributed by atoms with Gasteiger partial charge in [-0.15, -0.1) is 22.8 Å². The molecule has 0 heterocycles. The zero-order valence-electron chi connectivity index (χ0n) is 15.1. The van der Waals surface area contributed by atoms with Gasteiger partial charge in [-0.25, -0.2) is 0 Å². The Hall–Kier alpha value is -1.97. The molecule has 0 saturated heterocycles. The minimum Gasteiger partial charge on any atom is -0.741 e. The number of nitrogens with one attached hydrogen (secondary N) is 2. The van der Waals surface area contributed by atoms with E-state index in [0.717, 1.165) is 16.0 Å². The standard InChI is InChI=1S/C18H20N6S3.Cu/c1-19-17(26)23-21-15(12-6-4-3-5-7-12)16(22-24-18(27)20-2)13-8-10-14(25)11-9-13;/h3-11,25H,1-2H3,(H2,19,23,26)(H2,20,24,27);/q;+2/p-2/b21-15+,22-16+;. The van der Waals surface area contributed by atoms with Crippen molar-refractivity contribution in [1.29, 1.82) is 0 Å². The van der Waals surface area contributed by atoms with Crippen molar-refractivity contribution in [2.24, 2.45) is 20.4 Å². The molecule has 2 N–H and O–H groups in total. The van der Waals surface area contributed by atoms with Gasteiger partial charge in [0.1, 0.15) is 11.4 Å². The van der Waals surface area contributed by atoms with E-state index in [-0.39, 0.29) is 27.4 Å². The number of hydrogen-bond donors (Lipinski definition) is 3. The molecule has 6 nitrogen and oxygen atoms in total. The molecular formula is C18H18CuN6S3. The molecular weight excluding hydrogens is 460 g/mol. The number of thiol groups is 1. The van der Waals surface area contributed by atoms with Crippen LogP contribution in [0.3, 0.4) is 0 Å². The summed E-state index contributed by atoms with van der Waals surface area (Å²) in [6.07, 6.45) is 0. The van der Waals surface area contributed by atoms with Crippen LogP contribution in [0.4, 0.5) is 0 Å². The van der Waals surface area contributed by atoms with Gasteiger partial charge in [-0.3, -0.25) is 0 Å². The summed E-state index contributed by atoms with van der Waals surface area (Å²) in [5.74, 6) is 0. The summed E-state index contributed by atoms with van der Waals surface area (Å²) in [5.41, 5.74) is 2.64. The normalized spacial score (nSPS) is 13.0. The number of nitrogens with zero attached hydrogens (tertiary/aromatic N) is 4. The van der Waals surface area contributed by atoms with E-state index in [9.17, 15) is 0 Å². The van der Waals surface area contributed by atoms with Crippen LogP contribution in [0, 0.1) is 0 Å². The molecule has 0 bridgehead atoms. The minimum atomic E-state index is 0. The molecule has 1 radical (unpaired) electrons. The number of amidine groups is 2. The summed E-state index contributed by atoms with van der Waals surface area (Å²) in [6.45, 7) is 0. The number of hydrogen-bond acceptors (Lipinski definition) is 7. The van der Waals surface area contributed by atoms with Gasteiger partial charge in [0.25, 0.3) is 0 Å². The minimum absolute atomic E-state index is 0. The molecule has 0 spiro atoms. The van der Waals surface area contributed by atoms with Crippen molar-refractivity contribution in [3.63, 3.8) is 0 Å². The monoisotopic (exact) mass is 477 g/mol. The van der Waals surface area contributed by atoms with Crippen LogP contribution in [0.1, 0.15) is 11.1 Å². The van der Waals surface area contributed by atoms with Gasteiger partial charge in [-0.1, -0.05) is 42.5 Å². The molecule has 2 aromatic carbocycles. The van der Waals surface area contributed by atoms with Crippen LogP contribution < -0.4 is 10.6 Å². The van der Waals surface area contributed by atoms with Crippen LogP contribution in [-0.4, -0.2) is 35.9 Å². The van der Waals surface area contributed by atoms with Crippen molar-refractivity contribution in [2.45, 2.75) is 4.90 Å². The Morgan fingerprint density at radius 3 is 1.57 bits per heavy atom. The fourth-order valence-corrected chi connectivity index (χ4v) is 2.22. The van der Waals surface area contributed by atoms with Crippen molar-refractivity contribution in [1.82, 2.24) is 10.6 Å². The molecule has 0 atom stereocenters. The predicted octanol–water partition coefficient (Wildman–Crippen LogP) is 2.33. The van der Waals surface area contributed by atoms with Gasteiger partial charge in [0.15, 0.2) is 0 Å². The molecule has 10 heteroatoms. The molecule has 0 aliphatic heterocycles. The first-order valence-electron chi connectivity index (χ1n) is 7.91. The molecule has 0 aromatic heterocycles. The SMILES string of the molecule is CN/C([S-])=N/N=C(/C(=N/N=C(\[S-])NC)c1ccc(S)cc1)c1ccccc1.[Cu+2]. The largest absolute Gasteiger partial charge is 2.00 e. The second-order valence-electron chi connectivity index (χ2n) is 5.12. The Bertz CT molecular complexity index is 880. The Morgan fingerprint density at radius 1 is 0.714 bits per heavy atom. The van der Waals surface area contributed by atoms with Crippen molar-refractivity contribution in [3.8, 4) is 0 Å². The summed E-state index contributed by atoms with van der Waals surface area (Å²) >= 11 is 14.5. The van der Waals surface area contributed by atoms with Crippen LogP contribution in [0.2, 0.25) is 0 Å². The Morgan fingerprint density at radius 2 is 1.14 bits per heavy atom. The summed E-state index contributed by atoms with van der Waals surface area (Å²) in [5, 5.41) is 22.8. The van der Waals surface area contributed by atoms with E-state index in [1.807, 2.05) is 54.6 Å². The van der Waals surface area contributed by atoms with E-state index in [0.29, 0.717) is 11.4 Å². The van der Waals surface area contributed by atoms with Gasteiger partial charge in [-0.05, 0) is 22.5 Å². The molecule has 28 heavy (non-hydrogen) atoms. The average molecular weight is 478 g/mol. The van der Waals surface area contributed by atoms with Crippen molar-refractivity contribution < 1.29 is 17.1 Å². The molecule has 149 valence electrons. The second kappa shape index (κ2) is 12.5. The first kappa shape index (κ1) is 24.1. The van der Waals surface area contributed by atoms with Gasteiger partial charge in [0.05, 0.1) is 0 Å². The Kier molecular flexibility index (Phi) is 10.7. The third kappa shape index (κ3) is 7.21. The Balaban J connectivity index is 0.00000392. The average Bonchev–Trinajstić information content (AvgIpc) is 2.71. The van der Waals surface area contributed by atoms with Crippen LogP contribution >= 0.6 is 12.6 Å². The van der Waals surface area contributed by atoms with Crippen LogP contribution in [0.15, 0.2) is 79.9 Å². The van der Waals surface area contributed by atoms with Crippen molar-refractivity contribution in [2.75, 3.05) is 14.1 Å². The molecule has 0 amide bonds. The summed E-state index contributed by atoms with van der Waals surface area (Å²) < 4.78 is 0. The molecule has 0 saturated carbocycles. The van der Waals surface area contributed by atoms with Crippen LogP contribution in [0.25, 0.3) is 0 Å². The molecule has 0 unspecified atom stereocenters. The van der Waals surface area contributed by atoms with E-state index in [2.05, 4.69) is 43.7 Å². The van der Waals surface area contributed by atoms with Gasteiger partial charge < -0.3 is 35.9 Å². The first-order chi connectivity index (χ1) is 13.0. The van der Waals surface area contributed by atoms with Crippen molar-refractivity contribution in [3.05, 3.63) is 65.7 Å². The topological polar surface area (TPSA) is 73.5 Å². The first-order valence-corrected chi connectivity index (χ1v) is 9.17. The van der Waals surface area contributed by atoms with Gasteiger partial charge in [0.2, 0.25) is 0 Å². The molecule has 0 aliphatic rings. The molecule has 2 aromatic rings. The van der Waals surface area contributed by atoms with Crippen LogP contribution in [-0.2, 0) is 42.3 Å². The van der Waals surface area contributed by atoms with Gasteiger partial charge in [0, 0.05) is 30.1 Å².